The van der Waals surface area contributed by atoms with Crippen molar-refractivity contribution in [2.45, 2.75) is 13.8 Å². The summed E-state index contributed by atoms with van der Waals surface area (Å²) in [7, 11) is 0. The van der Waals surface area contributed by atoms with E-state index in [0.717, 1.165) is 17.0 Å². The number of nitrogens with zero attached hydrogens (tertiary/aromatic N) is 3. The lowest BCUT2D eigenvalue weighted by molar-refractivity contribution is -0.121. The summed E-state index contributed by atoms with van der Waals surface area (Å²) in [6.07, 6.45) is -1.05. The number of carbonyl (C=O) groups excluding carboxylic acids is 3. The number of hydrogen-bond donors (Lipinski definition) is 0. The van der Waals surface area contributed by atoms with Crippen LogP contribution in [0, 0.1) is 17.1 Å². The van der Waals surface area contributed by atoms with Crippen LogP contribution in [0.3, 0.4) is 0 Å². The Kier molecular flexibility index (Phi) is 3.88. The highest BCUT2D eigenvalue weighted by Gasteiger charge is 2.41. The van der Waals surface area contributed by atoms with Gasteiger partial charge in [0.25, 0.3) is 5.91 Å². The molecule has 0 radical (unpaired) electrons. The van der Waals surface area contributed by atoms with Gasteiger partial charge in [-0.3, -0.25) is 14.5 Å². The zero-order chi connectivity index (χ0) is 18.3. The molecule has 0 bridgehead atoms. The van der Waals surface area contributed by atoms with Gasteiger partial charge in [-0.1, -0.05) is 0 Å². The first-order valence-corrected chi connectivity index (χ1v) is 7.22. The first kappa shape index (κ1) is 16.4. The minimum absolute atomic E-state index is 0.0403. The molecule has 2 aliphatic rings. The summed E-state index contributed by atoms with van der Waals surface area (Å²) in [6, 6.07) is 3.91. The number of carbonyl (C=O) groups is 3. The molecule has 1 aromatic rings. The molecule has 2 aliphatic heterocycles. The molecule has 1 fully saturated rings. The molecule has 3 amide bonds. The van der Waals surface area contributed by atoms with Gasteiger partial charge in [-0.15, -0.1) is 0 Å². The van der Waals surface area contributed by atoms with Crippen LogP contribution in [-0.2, 0) is 14.3 Å². The van der Waals surface area contributed by atoms with Crippen LogP contribution >= 0.6 is 0 Å². The van der Waals surface area contributed by atoms with E-state index >= 15 is 0 Å². The molecule has 0 atom stereocenters. The number of halogens is 1. The molecule has 0 spiro atoms. The quantitative estimate of drug-likeness (QED) is 0.599. The van der Waals surface area contributed by atoms with Crippen molar-refractivity contribution in [3.63, 3.8) is 0 Å². The number of imide groups is 1. The van der Waals surface area contributed by atoms with E-state index in [1.165, 1.54) is 0 Å². The highest BCUT2D eigenvalue weighted by atomic mass is 19.1. The largest absolute Gasteiger partial charge is 0.481 e. The summed E-state index contributed by atoms with van der Waals surface area (Å²) in [6.45, 7) is 2.54. The van der Waals surface area contributed by atoms with E-state index in [1.807, 2.05) is 6.07 Å². The minimum Gasteiger partial charge on any atom is -0.481 e. The van der Waals surface area contributed by atoms with Crippen LogP contribution in [0.1, 0.15) is 13.8 Å². The number of fused-ring (bicyclic) bond motifs is 1. The summed E-state index contributed by atoms with van der Waals surface area (Å²) in [5, 5.41) is 8.87. The average molecular weight is 345 g/mol. The Balaban J connectivity index is 2.12. The number of anilines is 2. The van der Waals surface area contributed by atoms with Crippen LogP contribution in [0.15, 0.2) is 23.5 Å². The third-order valence-corrected chi connectivity index (χ3v) is 3.66. The van der Waals surface area contributed by atoms with Crippen LogP contribution in [0.5, 0.6) is 5.75 Å². The standard InChI is InChI=1S/C16H12FN3O5/c1-8(2)14-15(22)20(16(23)25-14)10-6-11-12(5-9(10)17)24-7-13(21)19(11)4-3-18/h5-6H,4,7H2,1-2H3. The lowest BCUT2D eigenvalue weighted by atomic mass is 10.1. The Morgan fingerprint density at radius 2 is 2.00 bits per heavy atom. The predicted octanol–water partition coefficient (Wildman–Crippen LogP) is 1.85. The van der Waals surface area contributed by atoms with Gasteiger partial charge in [-0.25, -0.2) is 14.1 Å². The fourth-order valence-electron chi connectivity index (χ4n) is 2.51. The molecule has 1 saturated heterocycles. The number of hydrogen-bond acceptors (Lipinski definition) is 6. The lowest BCUT2D eigenvalue weighted by Crippen LogP contribution is -2.39. The van der Waals surface area contributed by atoms with Gasteiger partial charge < -0.3 is 9.47 Å². The maximum atomic E-state index is 14.4. The Bertz CT molecular complexity index is 882. The molecule has 0 unspecified atom stereocenters. The maximum Gasteiger partial charge on any atom is 0.427 e. The van der Waals surface area contributed by atoms with Crippen molar-refractivity contribution in [2.75, 3.05) is 23.0 Å². The molecule has 3 rings (SSSR count). The second-order valence-electron chi connectivity index (χ2n) is 5.54. The molecule has 1 aromatic carbocycles. The Morgan fingerprint density at radius 3 is 2.60 bits per heavy atom. The van der Waals surface area contributed by atoms with Gasteiger partial charge in [-0.05, 0) is 25.5 Å². The van der Waals surface area contributed by atoms with E-state index in [1.54, 1.807) is 13.8 Å². The molecule has 0 saturated carbocycles. The summed E-state index contributed by atoms with van der Waals surface area (Å²) in [5.74, 6) is -2.34. The average Bonchev–Trinajstić information content (AvgIpc) is 2.85. The van der Waals surface area contributed by atoms with E-state index in [2.05, 4.69) is 0 Å². The normalized spacial score (nSPS) is 16.4. The molecule has 0 N–H and O–H groups in total. The fourth-order valence-corrected chi connectivity index (χ4v) is 2.51. The Labute approximate surface area is 141 Å². The van der Waals surface area contributed by atoms with Crippen molar-refractivity contribution >= 4 is 29.3 Å². The predicted molar refractivity (Wildman–Crippen MR) is 82.2 cm³/mol. The van der Waals surface area contributed by atoms with Gasteiger partial charge in [0.1, 0.15) is 12.3 Å². The van der Waals surface area contributed by atoms with Crippen molar-refractivity contribution < 1.29 is 28.2 Å². The zero-order valence-corrected chi connectivity index (χ0v) is 13.3. The van der Waals surface area contributed by atoms with Gasteiger partial charge in [-0.2, -0.15) is 5.26 Å². The van der Waals surface area contributed by atoms with Crippen molar-refractivity contribution in [1.29, 1.82) is 5.26 Å². The number of cyclic esters (lactones) is 1. The van der Waals surface area contributed by atoms with Gasteiger partial charge in [0, 0.05) is 6.07 Å². The summed E-state index contributed by atoms with van der Waals surface area (Å²) >= 11 is 0. The monoisotopic (exact) mass is 345 g/mol. The highest BCUT2D eigenvalue weighted by Crippen LogP contribution is 2.39. The summed E-state index contributed by atoms with van der Waals surface area (Å²) in [5.41, 5.74) is 0.176. The van der Waals surface area contributed by atoms with Gasteiger partial charge in [0.05, 0.1) is 17.4 Å². The molecule has 2 heterocycles. The number of nitriles is 1. The molecular formula is C16H12FN3O5. The molecule has 25 heavy (non-hydrogen) atoms. The van der Waals surface area contributed by atoms with Gasteiger partial charge in [0.15, 0.2) is 18.2 Å². The van der Waals surface area contributed by atoms with Crippen LogP contribution < -0.4 is 14.5 Å². The first-order valence-electron chi connectivity index (χ1n) is 7.22. The van der Waals surface area contributed by atoms with E-state index in [-0.39, 0.29) is 36.0 Å². The summed E-state index contributed by atoms with van der Waals surface area (Å²) in [4.78, 5) is 37.9. The van der Waals surface area contributed by atoms with E-state index in [9.17, 15) is 18.8 Å². The minimum atomic E-state index is -1.05. The third-order valence-electron chi connectivity index (χ3n) is 3.66. The van der Waals surface area contributed by atoms with Crippen LogP contribution in [-0.4, -0.2) is 31.1 Å². The van der Waals surface area contributed by atoms with E-state index in [4.69, 9.17) is 14.7 Å². The molecule has 8 nitrogen and oxygen atoms in total. The maximum absolute atomic E-state index is 14.4. The second-order valence-corrected chi connectivity index (χ2v) is 5.54. The zero-order valence-electron chi connectivity index (χ0n) is 13.3. The van der Waals surface area contributed by atoms with Crippen molar-refractivity contribution in [3.05, 3.63) is 29.3 Å². The molecule has 0 aliphatic carbocycles. The van der Waals surface area contributed by atoms with Crippen molar-refractivity contribution in [2.24, 2.45) is 0 Å². The number of allylic oxidation sites excluding steroid dienone is 1. The number of ether oxygens (including phenoxy) is 2. The molecule has 128 valence electrons. The van der Waals surface area contributed by atoms with E-state index in [0.29, 0.717) is 10.5 Å². The van der Waals surface area contributed by atoms with Gasteiger partial charge in [0.2, 0.25) is 0 Å². The first-order chi connectivity index (χ1) is 11.8. The van der Waals surface area contributed by atoms with Crippen molar-refractivity contribution in [3.8, 4) is 11.8 Å². The third kappa shape index (κ3) is 2.57. The SMILES string of the molecule is CC(C)=C1OC(=O)N(c2cc3c(cc2F)OCC(=O)N3CC#N)C1=O. The lowest BCUT2D eigenvalue weighted by Gasteiger charge is -2.28. The highest BCUT2D eigenvalue weighted by molar-refractivity contribution is 6.24. The van der Waals surface area contributed by atoms with Gasteiger partial charge >= 0.3 is 12.0 Å². The molecular weight excluding hydrogens is 333 g/mol. The smallest absolute Gasteiger partial charge is 0.427 e. The van der Waals surface area contributed by atoms with Crippen LogP contribution in [0.4, 0.5) is 20.6 Å². The van der Waals surface area contributed by atoms with Crippen LogP contribution in [0.2, 0.25) is 0 Å². The Morgan fingerprint density at radius 1 is 1.28 bits per heavy atom. The summed E-state index contributed by atoms with van der Waals surface area (Å²) < 4.78 is 24.5. The van der Waals surface area contributed by atoms with Crippen LogP contribution in [0.25, 0.3) is 0 Å². The second kappa shape index (κ2) is 5.90. The molecule has 0 aromatic heterocycles. The molecule has 9 heteroatoms. The topological polar surface area (TPSA) is 99.9 Å². The Hall–Kier alpha value is -3.41. The number of amides is 3. The fraction of sp³-hybridized carbons (Fsp3) is 0.250. The number of benzene rings is 1. The van der Waals surface area contributed by atoms with Crippen molar-refractivity contribution in [1.82, 2.24) is 0 Å². The van der Waals surface area contributed by atoms with E-state index < -0.39 is 23.7 Å². The number of rotatable bonds is 2.